The van der Waals surface area contributed by atoms with E-state index in [1.807, 2.05) is 60.9 Å². The third-order valence-corrected chi connectivity index (χ3v) is 5.08. The number of benzene rings is 3. The molecule has 116 valence electrons. The van der Waals surface area contributed by atoms with Gasteiger partial charge in [0.1, 0.15) is 5.44 Å². The summed E-state index contributed by atoms with van der Waals surface area (Å²) < 4.78 is 0. The Balaban J connectivity index is 2.35. The summed E-state index contributed by atoms with van der Waals surface area (Å²) in [4.78, 5) is 0. The first-order valence-electron chi connectivity index (χ1n) is 7.67. The summed E-state index contributed by atoms with van der Waals surface area (Å²) in [6.07, 6.45) is 1.95. The van der Waals surface area contributed by atoms with Crippen molar-refractivity contribution in [1.29, 1.82) is 0 Å². The molecule has 1 atom stereocenters. The van der Waals surface area contributed by atoms with Crippen molar-refractivity contribution in [2.45, 2.75) is 10.9 Å². The van der Waals surface area contributed by atoms with Crippen LogP contribution in [0.15, 0.2) is 91.0 Å². The molecule has 0 saturated heterocycles. The van der Waals surface area contributed by atoms with Gasteiger partial charge in [0.15, 0.2) is 0 Å². The Hall–Kier alpha value is -2.03. The Morgan fingerprint density at radius 1 is 0.652 bits per heavy atom. The molecule has 0 aromatic heterocycles. The molecule has 3 aromatic rings. The standard InChI is InChI=1S/C21H20OS/c1-23-20(22)21(17-11-5-2-6-12-17,18-13-7-3-8-14-18)19-15-9-4-10-16-19/h2-16,20,22H,1H3. The summed E-state index contributed by atoms with van der Waals surface area (Å²) in [5.41, 5.74) is 2.11. The summed E-state index contributed by atoms with van der Waals surface area (Å²) in [6, 6.07) is 30.8. The molecule has 1 N–H and O–H groups in total. The quantitative estimate of drug-likeness (QED) is 0.543. The smallest absolute Gasteiger partial charge is 0.117 e. The van der Waals surface area contributed by atoms with Crippen molar-refractivity contribution >= 4 is 11.8 Å². The van der Waals surface area contributed by atoms with E-state index in [9.17, 15) is 5.11 Å². The predicted molar refractivity (Wildman–Crippen MR) is 98.7 cm³/mol. The fourth-order valence-corrected chi connectivity index (χ4v) is 3.97. The third kappa shape index (κ3) is 2.80. The molecule has 0 heterocycles. The van der Waals surface area contributed by atoms with Crippen molar-refractivity contribution in [2.75, 3.05) is 6.26 Å². The molecule has 23 heavy (non-hydrogen) atoms. The minimum atomic E-state index is -0.594. The lowest BCUT2D eigenvalue weighted by atomic mass is 9.70. The maximum Gasteiger partial charge on any atom is 0.117 e. The van der Waals surface area contributed by atoms with Crippen LogP contribution in [0, 0.1) is 0 Å². The summed E-state index contributed by atoms with van der Waals surface area (Å²) in [5, 5.41) is 11.1. The maximum absolute atomic E-state index is 11.1. The van der Waals surface area contributed by atoms with Gasteiger partial charge in [-0.05, 0) is 22.9 Å². The zero-order valence-corrected chi connectivity index (χ0v) is 13.9. The molecule has 0 fully saturated rings. The highest BCUT2D eigenvalue weighted by molar-refractivity contribution is 7.99. The molecule has 0 amide bonds. The molecule has 0 spiro atoms. The SMILES string of the molecule is CSC(O)C(c1ccccc1)(c1ccccc1)c1ccccc1. The monoisotopic (exact) mass is 320 g/mol. The molecular weight excluding hydrogens is 300 g/mol. The van der Waals surface area contributed by atoms with E-state index >= 15 is 0 Å². The van der Waals surface area contributed by atoms with Crippen LogP contribution in [0.3, 0.4) is 0 Å². The first-order chi connectivity index (χ1) is 11.3. The molecular formula is C21H20OS. The van der Waals surface area contributed by atoms with E-state index in [1.165, 1.54) is 11.8 Å². The average Bonchev–Trinajstić information content (AvgIpc) is 2.65. The van der Waals surface area contributed by atoms with Gasteiger partial charge in [0.2, 0.25) is 0 Å². The van der Waals surface area contributed by atoms with Gasteiger partial charge < -0.3 is 5.11 Å². The van der Waals surface area contributed by atoms with Gasteiger partial charge in [0.05, 0.1) is 5.41 Å². The molecule has 0 bridgehead atoms. The highest BCUT2D eigenvalue weighted by Crippen LogP contribution is 2.44. The van der Waals surface area contributed by atoms with Gasteiger partial charge in [-0.25, -0.2) is 0 Å². The number of aliphatic hydroxyl groups excluding tert-OH is 1. The summed E-state index contributed by atoms with van der Waals surface area (Å²) in [7, 11) is 0. The summed E-state index contributed by atoms with van der Waals surface area (Å²) >= 11 is 1.47. The van der Waals surface area contributed by atoms with Gasteiger partial charge in [-0.1, -0.05) is 91.0 Å². The van der Waals surface area contributed by atoms with Crippen LogP contribution in [0.4, 0.5) is 0 Å². The van der Waals surface area contributed by atoms with Gasteiger partial charge in [-0.15, -0.1) is 11.8 Å². The molecule has 1 nitrogen and oxygen atoms in total. The van der Waals surface area contributed by atoms with Gasteiger partial charge in [-0.2, -0.15) is 0 Å². The van der Waals surface area contributed by atoms with Gasteiger partial charge >= 0.3 is 0 Å². The lowest BCUT2D eigenvalue weighted by molar-refractivity contribution is 0.207. The maximum atomic E-state index is 11.1. The van der Waals surface area contributed by atoms with Crippen LogP contribution in [-0.2, 0) is 5.41 Å². The van der Waals surface area contributed by atoms with E-state index in [4.69, 9.17) is 0 Å². The highest BCUT2D eigenvalue weighted by Gasteiger charge is 2.42. The Kier molecular flexibility index (Phi) is 4.85. The molecule has 2 heteroatoms. The van der Waals surface area contributed by atoms with Gasteiger partial charge in [0.25, 0.3) is 0 Å². The molecule has 1 unspecified atom stereocenters. The van der Waals surface area contributed by atoms with Gasteiger partial charge in [-0.3, -0.25) is 0 Å². The third-order valence-electron chi connectivity index (χ3n) is 4.28. The van der Waals surface area contributed by atoms with E-state index in [0.717, 1.165) is 16.7 Å². The Morgan fingerprint density at radius 2 is 0.957 bits per heavy atom. The average molecular weight is 320 g/mol. The fraction of sp³-hybridized carbons (Fsp3) is 0.143. The first kappa shape index (κ1) is 15.9. The van der Waals surface area contributed by atoms with Crippen molar-refractivity contribution in [3.05, 3.63) is 108 Å². The molecule has 3 aromatic carbocycles. The Bertz CT molecular complexity index is 629. The summed E-state index contributed by atoms with van der Waals surface area (Å²) in [5.74, 6) is 0. The van der Waals surface area contributed by atoms with Crippen LogP contribution in [0.2, 0.25) is 0 Å². The van der Waals surface area contributed by atoms with E-state index < -0.39 is 10.9 Å². The Morgan fingerprint density at radius 3 is 1.22 bits per heavy atom. The minimum Gasteiger partial charge on any atom is -0.381 e. The number of aliphatic hydroxyl groups is 1. The van der Waals surface area contributed by atoms with E-state index in [0.29, 0.717) is 0 Å². The lowest BCUT2D eigenvalue weighted by Crippen LogP contribution is -2.40. The van der Waals surface area contributed by atoms with Crippen LogP contribution < -0.4 is 0 Å². The molecule has 0 aliphatic carbocycles. The fourth-order valence-electron chi connectivity index (χ4n) is 3.21. The largest absolute Gasteiger partial charge is 0.381 e. The zero-order chi connectivity index (χ0) is 16.1. The predicted octanol–water partition coefficient (Wildman–Crippen LogP) is 4.70. The van der Waals surface area contributed by atoms with Crippen LogP contribution in [-0.4, -0.2) is 16.8 Å². The van der Waals surface area contributed by atoms with E-state index in [2.05, 4.69) is 36.4 Å². The van der Waals surface area contributed by atoms with Gasteiger partial charge in [0, 0.05) is 0 Å². The summed E-state index contributed by atoms with van der Waals surface area (Å²) in [6.45, 7) is 0. The second-order valence-corrected chi connectivity index (χ2v) is 6.41. The highest BCUT2D eigenvalue weighted by atomic mass is 32.2. The molecule has 0 aliphatic rings. The van der Waals surface area contributed by atoms with Crippen molar-refractivity contribution in [1.82, 2.24) is 0 Å². The minimum absolute atomic E-state index is 0.588. The second-order valence-electron chi connectivity index (χ2n) is 5.49. The van der Waals surface area contributed by atoms with Crippen LogP contribution in [0.25, 0.3) is 0 Å². The lowest BCUT2D eigenvalue weighted by Gasteiger charge is -2.39. The number of thioether (sulfide) groups is 1. The molecule has 0 radical (unpaired) electrons. The molecule has 0 saturated carbocycles. The van der Waals surface area contributed by atoms with Crippen molar-refractivity contribution < 1.29 is 5.11 Å². The van der Waals surface area contributed by atoms with Crippen LogP contribution >= 0.6 is 11.8 Å². The number of rotatable bonds is 5. The van der Waals surface area contributed by atoms with E-state index in [-0.39, 0.29) is 0 Å². The molecule has 3 rings (SSSR count). The Labute approximate surface area is 142 Å². The number of hydrogen-bond donors (Lipinski definition) is 1. The topological polar surface area (TPSA) is 20.2 Å². The van der Waals surface area contributed by atoms with Crippen LogP contribution in [0.1, 0.15) is 16.7 Å². The number of hydrogen-bond acceptors (Lipinski definition) is 2. The van der Waals surface area contributed by atoms with Crippen LogP contribution in [0.5, 0.6) is 0 Å². The normalized spacial score (nSPS) is 12.8. The van der Waals surface area contributed by atoms with E-state index in [1.54, 1.807) is 0 Å². The second kappa shape index (κ2) is 7.03. The molecule has 0 aliphatic heterocycles. The van der Waals surface area contributed by atoms with Crippen molar-refractivity contribution in [3.8, 4) is 0 Å². The zero-order valence-electron chi connectivity index (χ0n) is 13.1. The first-order valence-corrected chi connectivity index (χ1v) is 8.96. The van der Waals surface area contributed by atoms with Crippen molar-refractivity contribution in [2.24, 2.45) is 0 Å². The van der Waals surface area contributed by atoms with Crippen molar-refractivity contribution in [3.63, 3.8) is 0 Å².